The largest absolute Gasteiger partial charge is 0.508 e. The van der Waals surface area contributed by atoms with E-state index >= 15 is 0 Å². The first-order valence-electron chi connectivity index (χ1n) is 11.5. The molecule has 0 saturated heterocycles. The van der Waals surface area contributed by atoms with Crippen molar-refractivity contribution in [1.29, 1.82) is 0 Å². The smallest absolute Gasteiger partial charge is 0.305 e. The van der Waals surface area contributed by atoms with E-state index in [1.165, 1.54) is 26.4 Å². The zero-order chi connectivity index (χ0) is 28.1. The summed E-state index contributed by atoms with van der Waals surface area (Å²) in [6, 6.07) is 9.67. The second-order valence-electron chi connectivity index (χ2n) is 7.52. The van der Waals surface area contributed by atoms with E-state index < -0.39 is 0 Å². The third kappa shape index (κ3) is 16.6. The minimum atomic E-state index is -0.265. The maximum atomic E-state index is 10.9. The zero-order valence-electron chi connectivity index (χ0n) is 21.2. The molecule has 0 aliphatic carbocycles. The number of halogens is 1. The molecule has 0 amide bonds. The van der Waals surface area contributed by atoms with Gasteiger partial charge in [-0.05, 0) is 59.4 Å². The standard InChI is InChI=1S/C13H18O5.C8H10O3.C5H9BrO2/c1-17-13(16)3-2-4-18-12-6-10(8-14)5-11(7-12)9-15;9-4-6-1-7(5-10)3-8(11)2-6;1-8-5(7)3-2-4-6/h5-7,14-15H,2-4,8-9H2,1H3;1-3,9-11H,4-5H2;2-4H2,1H3. The molecule has 0 saturated carbocycles. The van der Waals surface area contributed by atoms with Crippen molar-refractivity contribution in [2.24, 2.45) is 0 Å². The predicted molar refractivity (Wildman–Crippen MR) is 140 cm³/mol. The number of aliphatic hydroxyl groups is 4. The van der Waals surface area contributed by atoms with Crippen LogP contribution in [0, 0.1) is 0 Å². The molecule has 11 heteroatoms. The van der Waals surface area contributed by atoms with Crippen molar-refractivity contribution >= 4 is 27.9 Å². The van der Waals surface area contributed by atoms with Gasteiger partial charge in [0.1, 0.15) is 11.5 Å². The molecule has 0 fully saturated rings. The summed E-state index contributed by atoms with van der Waals surface area (Å²) in [5, 5.41) is 45.4. The van der Waals surface area contributed by atoms with Gasteiger partial charge >= 0.3 is 11.9 Å². The number of esters is 2. The number of alkyl halides is 1. The Labute approximate surface area is 225 Å². The molecular weight excluding hydrogens is 552 g/mol. The van der Waals surface area contributed by atoms with Gasteiger partial charge in [-0.1, -0.05) is 28.1 Å². The number of hydrogen-bond acceptors (Lipinski definition) is 10. The topological polar surface area (TPSA) is 163 Å². The Hall–Kier alpha value is -2.70. The van der Waals surface area contributed by atoms with Gasteiger partial charge in [0.25, 0.3) is 0 Å². The van der Waals surface area contributed by atoms with E-state index in [0.717, 1.165) is 11.8 Å². The quantitative estimate of drug-likeness (QED) is 0.141. The molecule has 0 aromatic heterocycles. The Morgan fingerprint density at radius 1 is 0.703 bits per heavy atom. The molecule has 0 radical (unpaired) electrons. The molecule has 2 rings (SSSR count). The molecule has 0 spiro atoms. The molecule has 0 bridgehead atoms. The molecule has 0 atom stereocenters. The maximum Gasteiger partial charge on any atom is 0.305 e. The van der Waals surface area contributed by atoms with E-state index in [0.29, 0.717) is 53.9 Å². The number of aliphatic hydroxyl groups excluding tert-OH is 4. The van der Waals surface area contributed by atoms with Crippen LogP contribution in [0.4, 0.5) is 0 Å². The number of carbonyl (C=O) groups excluding carboxylic acids is 2. The average molecular weight is 589 g/mol. The first-order valence-corrected chi connectivity index (χ1v) is 12.6. The van der Waals surface area contributed by atoms with Crippen LogP contribution >= 0.6 is 15.9 Å². The highest BCUT2D eigenvalue weighted by molar-refractivity contribution is 9.09. The minimum Gasteiger partial charge on any atom is -0.508 e. The predicted octanol–water partition coefficient (Wildman–Crippen LogP) is 2.71. The molecular formula is C26H37BrO10. The van der Waals surface area contributed by atoms with Crippen molar-refractivity contribution in [3.05, 3.63) is 58.7 Å². The lowest BCUT2D eigenvalue weighted by atomic mass is 10.1. The van der Waals surface area contributed by atoms with Crippen LogP contribution in [-0.4, -0.2) is 63.6 Å². The van der Waals surface area contributed by atoms with Gasteiger partial charge in [0.2, 0.25) is 0 Å². The van der Waals surface area contributed by atoms with Crippen LogP contribution in [-0.2, 0) is 45.5 Å². The monoisotopic (exact) mass is 588 g/mol. The third-order valence-corrected chi connectivity index (χ3v) is 5.12. The summed E-state index contributed by atoms with van der Waals surface area (Å²) in [4.78, 5) is 21.2. The summed E-state index contributed by atoms with van der Waals surface area (Å²) in [6.07, 6.45) is 2.24. The SMILES string of the molecule is COC(=O)CCCBr.COC(=O)CCCOc1cc(CO)cc(CO)c1.OCc1cc(O)cc(CO)c1. The van der Waals surface area contributed by atoms with E-state index in [-0.39, 0.29) is 44.1 Å². The zero-order valence-corrected chi connectivity index (χ0v) is 22.8. The minimum absolute atomic E-state index is 0.0700. The number of ether oxygens (including phenoxy) is 3. The molecule has 37 heavy (non-hydrogen) atoms. The average Bonchev–Trinajstić information content (AvgIpc) is 2.93. The van der Waals surface area contributed by atoms with Crippen molar-refractivity contribution in [2.45, 2.75) is 52.1 Å². The molecule has 208 valence electrons. The van der Waals surface area contributed by atoms with Crippen LogP contribution in [0.3, 0.4) is 0 Å². The van der Waals surface area contributed by atoms with Gasteiger partial charge in [0.15, 0.2) is 0 Å². The summed E-state index contributed by atoms with van der Waals surface area (Å²) >= 11 is 3.20. The van der Waals surface area contributed by atoms with E-state index in [4.69, 9.17) is 30.3 Å². The van der Waals surface area contributed by atoms with Crippen molar-refractivity contribution in [3.63, 3.8) is 0 Å². The Morgan fingerprint density at radius 3 is 1.49 bits per heavy atom. The number of aromatic hydroxyl groups is 1. The molecule has 10 nitrogen and oxygen atoms in total. The van der Waals surface area contributed by atoms with Gasteiger partial charge in [-0.3, -0.25) is 9.59 Å². The molecule has 2 aromatic rings. The molecule has 2 aromatic carbocycles. The first kappa shape index (κ1) is 34.3. The van der Waals surface area contributed by atoms with Crippen LogP contribution in [0.25, 0.3) is 0 Å². The van der Waals surface area contributed by atoms with E-state index in [1.54, 1.807) is 24.3 Å². The third-order valence-electron chi connectivity index (χ3n) is 4.56. The number of methoxy groups -OCH3 is 2. The second kappa shape index (κ2) is 21.4. The first-order chi connectivity index (χ1) is 17.8. The summed E-state index contributed by atoms with van der Waals surface area (Å²) < 4.78 is 14.4. The lowest BCUT2D eigenvalue weighted by Crippen LogP contribution is -2.05. The molecule has 0 unspecified atom stereocenters. The maximum absolute atomic E-state index is 10.9. The van der Waals surface area contributed by atoms with E-state index in [2.05, 4.69) is 25.4 Å². The number of phenolic OH excluding ortho intramolecular Hbond substituents is 1. The lowest BCUT2D eigenvalue weighted by Gasteiger charge is -2.09. The second-order valence-corrected chi connectivity index (χ2v) is 8.32. The number of phenols is 1. The summed E-state index contributed by atoms with van der Waals surface area (Å²) in [5.41, 5.74) is 2.58. The summed E-state index contributed by atoms with van der Waals surface area (Å²) in [5.74, 6) is 0.249. The van der Waals surface area contributed by atoms with Gasteiger partial charge in [-0.15, -0.1) is 0 Å². The lowest BCUT2D eigenvalue weighted by molar-refractivity contribution is -0.141. The van der Waals surface area contributed by atoms with Crippen molar-refractivity contribution in [3.8, 4) is 11.5 Å². The Balaban J connectivity index is 0.000000580. The van der Waals surface area contributed by atoms with Crippen LogP contribution < -0.4 is 4.74 Å². The number of rotatable bonds is 12. The normalized spacial score (nSPS) is 9.81. The van der Waals surface area contributed by atoms with Gasteiger partial charge < -0.3 is 39.7 Å². The molecule has 0 aliphatic rings. The number of carbonyl (C=O) groups is 2. The van der Waals surface area contributed by atoms with Gasteiger partial charge in [-0.2, -0.15) is 0 Å². The van der Waals surface area contributed by atoms with Crippen molar-refractivity contribution in [1.82, 2.24) is 0 Å². The Bertz CT molecular complexity index is 876. The fraction of sp³-hybridized carbons (Fsp3) is 0.462. The Morgan fingerprint density at radius 2 is 1.11 bits per heavy atom. The van der Waals surface area contributed by atoms with E-state index in [1.807, 2.05) is 0 Å². The highest BCUT2D eigenvalue weighted by Gasteiger charge is 2.03. The van der Waals surface area contributed by atoms with Gasteiger partial charge in [0, 0.05) is 18.2 Å². The van der Waals surface area contributed by atoms with Crippen LogP contribution in [0.2, 0.25) is 0 Å². The summed E-state index contributed by atoms with van der Waals surface area (Å²) in [6.45, 7) is -0.0730. The Kier molecular flexibility index (Phi) is 19.8. The van der Waals surface area contributed by atoms with Crippen molar-refractivity contribution in [2.75, 3.05) is 26.2 Å². The van der Waals surface area contributed by atoms with Crippen LogP contribution in [0.15, 0.2) is 36.4 Å². The van der Waals surface area contributed by atoms with Gasteiger partial charge in [0.05, 0.1) is 47.3 Å². The molecule has 0 heterocycles. The van der Waals surface area contributed by atoms with Crippen LogP contribution in [0.1, 0.15) is 47.9 Å². The van der Waals surface area contributed by atoms with Crippen LogP contribution in [0.5, 0.6) is 11.5 Å². The molecule has 0 aliphatic heterocycles. The number of benzene rings is 2. The highest BCUT2D eigenvalue weighted by atomic mass is 79.9. The summed E-state index contributed by atoms with van der Waals surface area (Å²) in [7, 11) is 2.75. The van der Waals surface area contributed by atoms with Gasteiger partial charge in [-0.25, -0.2) is 0 Å². The number of hydrogen-bond donors (Lipinski definition) is 5. The highest BCUT2D eigenvalue weighted by Crippen LogP contribution is 2.18. The molecule has 5 N–H and O–H groups in total. The van der Waals surface area contributed by atoms with E-state index in [9.17, 15) is 9.59 Å². The van der Waals surface area contributed by atoms with Crippen molar-refractivity contribution < 1.29 is 49.3 Å². The fourth-order valence-corrected chi connectivity index (χ4v) is 3.02. The fourth-order valence-electron chi connectivity index (χ4n) is 2.74.